The maximum Gasteiger partial charge on any atom is 0.251 e. The van der Waals surface area contributed by atoms with Crippen molar-refractivity contribution in [3.63, 3.8) is 0 Å². The highest BCUT2D eigenvalue weighted by Crippen LogP contribution is 2.29. The fourth-order valence-electron chi connectivity index (χ4n) is 2.54. The maximum absolute atomic E-state index is 12.0. The minimum Gasteiger partial charge on any atom is -0.349 e. The smallest absolute Gasteiger partial charge is 0.251 e. The Kier molecular flexibility index (Phi) is 3.77. The van der Waals surface area contributed by atoms with Gasteiger partial charge in [0.2, 0.25) is 0 Å². The monoisotopic (exact) mass is 232 g/mol. The van der Waals surface area contributed by atoms with Crippen LogP contribution in [0.2, 0.25) is 0 Å². The fourth-order valence-corrected chi connectivity index (χ4v) is 2.54. The molecule has 1 heterocycles. The third-order valence-electron chi connectivity index (χ3n) is 3.97. The van der Waals surface area contributed by atoms with Crippen LogP contribution in [0.3, 0.4) is 0 Å². The van der Waals surface area contributed by atoms with Gasteiger partial charge in [-0.25, -0.2) is 0 Å². The summed E-state index contributed by atoms with van der Waals surface area (Å²) in [5.41, 5.74) is 0.699. The van der Waals surface area contributed by atoms with E-state index >= 15 is 0 Å². The van der Waals surface area contributed by atoms with Crippen LogP contribution in [0.5, 0.6) is 0 Å². The predicted octanol–water partition coefficient (Wildman–Crippen LogP) is 2.64. The van der Waals surface area contributed by atoms with Gasteiger partial charge in [0, 0.05) is 24.0 Å². The van der Waals surface area contributed by atoms with Gasteiger partial charge in [-0.1, -0.05) is 26.7 Å². The zero-order chi connectivity index (χ0) is 12.3. The molecule has 0 spiro atoms. The Morgan fingerprint density at radius 1 is 1.29 bits per heavy atom. The SMILES string of the molecule is C[C@H]1[C@H](C)CCC[C@H]1NC(=O)c1ccncc1. The van der Waals surface area contributed by atoms with Crippen molar-refractivity contribution >= 4 is 5.91 Å². The van der Waals surface area contributed by atoms with Crippen molar-refractivity contribution < 1.29 is 4.79 Å². The summed E-state index contributed by atoms with van der Waals surface area (Å²) in [5.74, 6) is 1.29. The van der Waals surface area contributed by atoms with E-state index in [9.17, 15) is 4.79 Å². The van der Waals surface area contributed by atoms with Crippen molar-refractivity contribution in [3.05, 3.63) is 30.1 Å². The molecule has 1 aromatic rings. The second-order valence-corrected chi connectivity index (χ2v) is 5.08. The van der Waals surface area contributed by atoms with Crippen LogP contribution in [0.25, 0.3) is 0 Å². The van der Waals surface area contributed by atoms with Gasteiger partial charge in [-0.05, 0) is 30.4 Å². The van der Waals surface area contributed by atoms with Crippen LogP contribution in [0.1, 0.15) is 43.5 Å². The fraction of sp³-hybridized carbons (Fsp3) is 0.571. The Morgan fingerprint density at radius 2 is 2.00 bits per heavy atom. The first-order chi connectivity index (χ1) is 8.18. The van der Waals surface area contributed by atoms with E-state index in [1.54, 1.807) is 24.5 Å². The molecule has 1 aromatic heterocycles. The second-order valence-electron chi connectivity index (χ2n) is 5.08. The lowest BCUT2D eigenvalue weighted by molar-refractivity contribution is 0.0891. The number of hydrogen-bond acceptors (Lipinski definition) is 2. The lowest BCUT2D eigenvalue weighted by Gasteiger charge is -2.34. The molecular weight excluding hydrogens is 212 g/mol. The van der Waals surface area contributed by atoms with Crippen LogP contribution in [-0.2, 0) is 0 Å². The lowest BCUT2D eigenvalue weighted by atomic mass is 9.78. The Bertz CT molecular complexity index is 377. The predicted molar refractivity (Wildman–Crippen MR) is 67.7 cm³/mol. The molecule has 17 heavy (non-hydrogen) atoms. The summed E-state index contributed by atoms with van der Waals surface area (Å²) in [6, 6.07) is 3.83. The van der Waals surface area contributed by atoms with Crippen molar-refractivity contribution in [1.29, 1.82) is 0 Å². The number of carbonyl (C=O) groups is 1. The first-order valence-corrected chi connectivity index (χ1v) is 6.39. The van der Waals surface area contributed by atoms with Crippen LogP contribution < -0.4 is 5.32 Å². The molecule has 0 bridgehead atoms. The molecule has 3 nitrogen and oxygen atoms in total. The molecule has 0 saturated heterocycles. The zero-order valence-electron chi connectivity index (χ0n) is 10.5. The van der Waals surface area contributed by atoms with Crippen molar-refractivity contribution in [1.82, 2.24) is 10.3 Å². The van der Waals surface area contributed by atoms with E-state index in [0.29, 0.717) is 23.4 Å². The van der Waals surface area contributed by atoms with Crippen LogP contribution in [0.4, 0.5) is 0 Å². The molecular formula is C14H20N2O. The molecule has 3 heteroatoms. The number of nitrogens with one attached hydrogen (secondary N) is 1. The molecule has 1 aliphatic rings. The van der Waals surface area contributed by atoms with Crippen LogP contribution in [-0.4, -0.2) is 16.9 Å². The largest absolute Gasteiger partial charge is 0.349 e. The molecule has 92 valence electrons. The topological polar surface area (TPSA) is 42.0 Å². The summed E-state index contributed by atoms with van der Waals surface area (Å²) < 4.78 is 0. The molecule has 1 N–H and O–H groups in total. The highest BCUT2D eigenvalue weighted by molar-refractivity contribution is 5.94. The van der Waals surface area contributed by atoms with Crippen molar-refractivity contribution in [3.8, 4) is 0 Å². The van der Waals surface area contributed by atoms with Gasteiger partial charge in [0.15, 0.2) is 0 Å². The molecule has 1 fully saturated rings. The normalized spacial score (nSPS) is 28.7. The van der Waals surface area contributed by atoms with Crippen LogP contribution in [0.15, 0.2) is 24.5 Å². The van der Waals surface area contributed by atoms with Crippen molar-refractivity contribution in [2.24, 2.45) is 11.8 Å². The minimum atomic E-state index is 0.0263. The summed E-state index contributed by atoms with van der Waals surface area (Å²) in [4.78, 5) is 15.9. The molecule has 2 rings (SSSR count). The first kappa shape index (κ1) is 12.1. The second kappa shape index (κ2) is 5.30. The number of amides is 1. The Labute approximate surface area is 103 Å². The van der Waals surface area contributed by atoms with Gasteiger partial charge in [-0.2, -0.15) is 0 Å². The molecule has 3 atom stereocenters. The molecule has 0 radical (unpaired) electrons. The Balaban J connectivity index is 1.99. The standard InChI is InChI=1S/C14H20N2O/c1-10-4-3-5-13(11(10)2)16-14(17)12-6-8-15-9-7-12/h6-11,13H,3-5H2,1-2H3,(H,16,17)/t10-,11+,13-/m1/s1. The van der Waals surface area contributed by atoms with Gasteiger partial charge in [-0.3, -0.25) is 9.78 Å². The molecule has 0 unspecified atom stereocenters. The van der Waals surface area contributed by atoms with E-state index in [-0.39, 0.29) is 5.91 Å². The van der Waals surface area contributed by atoms with E-state index in [1.807, 2.05) is 0 Å². The van der Waals surface area contributed by atoms with Gasteiger partial charge in [0.05, 0.1) is 0 Å². The summed E-state index contributed by atoms with van der Waals surface area (Å²) >= 11 is 0. The molecule has 1 amide bonds. The quantitative estimate of drug-likeness (QED) is 0.851. The van der Waals surface area contributed by atoms with E-state index in [2.05, 4.69) is 24.1 Å². The number of aromatic nitrogens is 1. The Hall–Kier alpha value is -1.38. The number of rotatable bonds is 2. The minimum absolute atomic E-state index is 0.0263. The van der Waals surface area contributed by atoms with E-state index in [4.69, 9.17) is 0 Å². The molecule has 0 aliphatic heterocycles. The van der Waals surface area contributed by atoms with E-state index in [1.165, 1.54) is 12.8 Å². The number of hydrogen-bond donors (Lipinski definition) is 1. The van der Waals surface area contributed by atoms with E-state index < -0.39 is 0 Å². The third kappa shape index (κ3) is 2.84. The summed E-state index contributed by atoms with van der Waals surface area (Å²) in [6.07, 6.45) is 6.90. The maximum atomic E-state index is 12.0. The van der Waals surface area contributed by atoms with E-state index in [0.717, 1.165) is 6.42 Å². The summed E-state index contributed by atoms with van der Waals surface area (Å²) in [7, 11) is 0. The average Bonchev–Trinajstić information content (AvgIpc) is 2.36. The van der Waals surface area contributed by atoms with Gasteiger partial charge in [-0.15, -0.1) is 0 Å². The third-order valence-corrected chi connectivity index (χ3v) is 3.97. The van der Waals surface area contributed by atoms with Gasteiger partial charge < -0.3 is 5.32 Å². The molecule has 1 saturated carbocycles. The van der Waals surface area contributed by atoms with Gasteiger partial charge in [0.25, 0.3) is 5.91 Å². The summed E-state index contributed by atoms with van der Waals surface area (Å²) in [6.45, 7) is 4.51. The highest BCUT2D eigenvalue weighted by Gasteiger charge is 2.28. The highest BCUT2D eigenvalue weighted by atomic mass is 16.1. The van der Waals surface area contributed by atoms with Crippen LogP contribution in [0, 0.1) is 11.8 Å². The zero-order valence-corrected chi connectivity index (χ0v) is 10.5. The van der Waals surface area contributed by atoms with Crippen LogP contribution >= 0.6 is 0 Å². The lowest BCUT2D eigenvalue weighted by Crippen LogP contribution is -2.43. The van der Waals surface area contributed by atoms with Crippen molar-refractivity contribution in [2.75, 3.05) is 0 Å². The summed E-state index contributed by atoms with van der Waals surface area (Å²) in [5, 5.41) is 3.15. The average molecular weight is 232 g/mol. The van der Waals surface area contributed by atoms with Gasteiger partial charge in [0.1, 0.15) is 0 Å². The van der Waals surface area contributed by atoms with Crippen molar-refractivity contribution in [2.45, 2.75) is 39.2 Å². The molecule has 1 aliphatic carbocycles. The van der Waals surface area contributed by atoms with Gasteiger partial charge >= 0.3 is 0 Å². The Morgan fingerprint density at radius 3 is 2.71 bits per heavy atom. The number of carbonyl (C=O) groups excluding carboxylic acids is 1. The number of pyridine rings is 1. The number of nitrogens with zero attached hydrogens (tertiary/aromatic N) is 1. The molecule has 0 aromatic carbocycles. The first-order valence-electron chi connectivity index (χ1n) is 6.39.